The van der Waals surface area contributed by atoms with Gasteiger partial charge in [0.25, 0.3) is 0 Å². The lowest BCUT2D eigenvalue weighted by atomic mass is 10.1. The molecule has 1 aromatic rings. The van der Waals surface area contributed by atoms with E-state index in [4.69, 9.17) is 0 Å². The lowest BCUT2D eigenvalue weighted by Gasteiger charge is -2.17. The van der Waals surface area contributed by atoms with Crippen LogP contribution < -0.4 is 10.5 Å². The minimum atomic E-state index is -1.59. The smallest absolute Gasteiger partial charge is 0.217 e. The van der Waals surface area contributed by atoms with Crippen molar-refractivity contribution in [1.29, 1.82) is 0 Å². The molecular weight excluding hydrogens is 262 g/mol. The molecule has 1 amide bonds. The Kier molecular flexibility index (Phi) is 6.49. The fraction of sp³-hybridized carbons (Fsp3) is 0.412. The number of carbonyl (C=O) groups excluding carboxylic acids is 1. The molecule has 1 N–H and O–H groups in total. The van der Waals surface area contributed by atoms with Crippen LogP contribution in [0.5, 0.6) is 0 Å². The van der Waals surface area contributed by atoms with Gasteiger partial charge in [0.05, 0.1) is 6.04 Å². The van der Waals surface area contributed by atoms with Crippen molar-refractivity contribution in [3.8, 4) is 0 Å². The standard InChI is InChI=1S/C17H25NOSi/c1-5-10-16(18-15(2)19)11-9-14-20(3,4)17-12-7-6-8-13-17/h6-8,11-14,16H,5,10H2,1-4H3,(H,18,19)/t9?,16-/m1/s1. The van der Waals surface area contributed by atoms with Gasteiger partial charge in [0.15, 0.2) is 0 Å². The summed E-state index contributed by atoms with van der Waals surface area (Å²) in [4.78, 5) is 11.2. The maximum absolute atomic E-state index is 11.2. The fourth-order valence-corrected chi connectivity index (χ4v) is 3.82. The van der Waals surface area contributed by atoms with E-state index in [2.05, 4.69) is 61.0 Å². The van der Waals surface area contributed by atoms with Crippen LogP contribution in [0.2, 0.25) is 13.1 Å². The molecule has 0 unspecified atom stereocenters. The Morgan fingerprint density at radius 3 is 2.55 bits per heavy atom. The van der Waals surface area contributed by atoms with Crippen molar-refractivity contribution in [2.24, 2.45) is 0 Å². The molecular formula is C17H25NOSi. The molecule has 0 aliphatic carbocycles. The lowest BCUT2D eigenvalue weighted by Crippen LogP contribution is -2.39. The normalized spacial score (nSPS) is 12.2. The van der Waals surface area contributed by atoms with Crippen LogP contribution in [0.15, 0.2) is 47.8 Å². The van der Waals surface area contributed by atoms with Gasteiger partial charge in [-0.15, -0.1) is 5.73 Å². The molecule has 2 nitrogen and oxygen atoms in total. The third-order valence-corrected chi connectivity index (χ3v) is 5.96. The third kappa shape index (κ3) is 5.60. The van der Waals surface area contributed by atoms with Gasteiger partial charge in [-0.25, -0.2) is 0 Å². The van der Waals surface area contributed by atoms with Gasteiger partial charge in [0.1, 0.15) is 8.07 Å². The fourth-order valence-electron chi connectivity index (χ4n) is 2.09. The van der Waals surface area contributed by atoms with E-state index in [1.807, 2.05) is 12.1 Å². The minimum absolute atomic E-state index is 0.0149. The number of carbonyl (C=O) groups is 1. The van der Waals surface area contributed by atoms with Crippen molar-refractivity contribution in [3.05, 3.63) is 47.8 Å². The number of benzene rings is 1. The summed E-state index contributed by atoms with van der Waals surface area (Å²) in [6, 6.07) is 10.7. The molecule has 0 aromatic heterocycles. The van der Waals surface area contributed by atoms with Crippen molar-refractivity contribution >= 4 is 19.2 Å². The molecule has 0 aliphatic rings. The molecule has 0 fully saturated rings. The molecule has 108 valence electrons. The van der Waals surface area contributed by atoms with E-state index in [-0.39, 0.29) is 11.9 Å². The Morgan fingerprint density at radius 2 is 2.00 bits per heavy atom. The number of rotatable bonds is 6. The predicted octanol–water partition coefficient (Wildman–Crippen LogP) is 3.16. The van der Waals surface area contributed by atoms with Gasteiger partial charge in [0.2, 0.25) is 5.91 Å². The molecule has 0 saturated heterocycles. The number of nitrogens with one attached hydrogen (secondary N) is 1. The SMILES string of the molecule is CCC[C@H](C=C=C[Si](C)(C)c1ccccc1)NC(C)=O. The summed E-state index contributed by atoms with van der Waals surface area (Å²) in [6.45, 7) is 8.28. The Labute approximate surface area is 123 Å². The van der Waals surface area contributed by atoms with Gasteiger partial charge in [-0.05, 0) is 18.2 Å². The molecule has 1 rings (SSSR count). The average Bonchev–Trinajstić information content (AvgIpc) is 2.39. The van der Waals surface area contributed by atoms with E-state index in [9.17, 15) is 4.79 Å². The van der Waals surface area contributed by atoms with E-state index >= 15 is 0 Å². The monoisotopic (exact) mass is 287 g/mol. The van der Waals surface area contributed by atoms with Gasteiger partial charge >= 0.3 is 0 Å². The summed E-state index contributed by atoms with van der Waals surface area (Å²) in [7, 11) is -1.59. The molecule has 1 atom stereocenters. The highest BCUT2D eigenvalue weighted by Gasteiger charge is 2.19. The predicted molar refractivity (Wildman–Crippen MR) is 88.7 cm³/mol. The topological polar surface area (TPSA) is 29.1 Å². The van der Waals surface area contributed by atoms with E-state index < -0.39 is 8.07 Å². The first-order valence-electron chi connectivity index (χ1n) is 7.22. The Bertz CT molecular complexity index is 487. The highest BCUT2D eigenvalue weighted by molar-refractivity contribution is 6.93. The van der Waals surface area contributed by atoms with E-state index in [1.54, 1.807) is 6.92 Å². The third-order valence-electron chi connectivity index (χ3n) is 3.25. The number of amides is 1. The van der Waals surface area contributed by atoms with Gasteiger partial charge < -0.3 is 5.32 Å². The van der Waals surface area contributed by atoms with Crippen LogP contribution in [0.25, 0.3) is 0 Å². The first kappa shape index (κ1) is 16.5. The molecule has 1 aromatic carbocycles. The summed E-state index contributed by atoms with van der Waals surface area (Å²) in [5, 5.41) is 4.34. The van der Waals surface area contributed by atoms with Crippen LogP contribution in [-0.2, 0) is 4.79 Å². The molecule has 0 radical (unpaired) electrons. The Balaban J connectivity index is 2.82. The van der Waals surface area contributed by atoms with Crippen LogP contribution >= 0.6 is 0 Å². The van der Waals surface area contributed by atoms with E-state index in [0.717, 1.165) is 12.8 Å². The maximum Gasteiger partial charge on any atom is 0.217 e. The van der Waals surface area contributed by atoms with Crippen molar-refractivity contribution in [2.75, 3.05) is 0 Å². The van der Waals surface area contributed by atoms with Crippen LogP contribution in [-0.4, -0.2) is 20.0 Å². The Hall–Kier alpha value is -1.57. The summed E-state index contributed by atoms with van der Waals surface area (Å²) < 4.78 is 0. The highest BCUT2D eigenvalue weighted by Crippen LogP contribution is 2.05. The molecule has 3 heteroatoms. The quantitative estimate of drug-likeness (QED) is 0.632. The summed E-state index contributed by atoms with van der Waals surface area (Å²) in [5.74, 6) is 0.0149. The number of hydrogen-bond donors (Lipinski definition) is 1. The maximum atomic E-state index is 11.2. The van der Waals surface area contributed by atoms with E-state index in [1.165, 1.54) is 5.19 Å². The van der Waals surface area contributed by atoms with Crippen molar-refractivity contribution in [1.82, 2.24) is 5.32 Å². The number of hydrogen-bond acceptors (Lipinski definition) is 1. The van der Waals surface area contributed by atoms with E-state index in [0.29, 0.717) is 0 Å². The summed E-state index contributed by atoms with van der Waals surface area (Å²) in [6.07, 6.45) is 3.99. The molecule has 0 bridgehead atoms. The van der Waals surface area contributed by atoms with Crippen LogP contribution in [0.3, 0.4) is 0 Å². The van der Waals surface area contributed by atoms with Crippen molar-refractivity contribution in [2.45, 2.75) is 45.8 Å². The molecule has 0 heterocycles. The molecule has 0 saturated carbocycles. The minimum Gasteiger partial charge on any atom is -0.350 e. The first-order chi connectivity index (χ1) is 9.45. The second-order valence-electron chi connectivity index (χ2n) is 5.66. The van der Waals surface area contributed by atoms with Crippen LogP contribution in [0.4, 0.5) is 0 Å². The largest absolute Gasteiger partial charge is 0.350 e. The van der Waals surface area contributed by atoms with Gasteiger partial charge in [-0.1, -0.05) is 62.0 Å². The molecule has 20 heavy (non-hydrogen) atoms. The Morgan fingerprint density at radius 1 is 1.35 bits per heavy atom. The second-order valence-corrected chi connectivity index (χ2v) is 9.97. The van der Waals surface area contributed by atoms with Crippen LogP contribution in [0.1, 0.15) is 26.7 Å². The van der Waals surface area contributed by atoms with Crippen LogP contribution in [0, 0.1) is 0 Å². The van der Waals surface area contributed by atoms with Crippen molar-refractivity contribution < 1.29 is 4.79 Å². The lowest BCUT2D eigenvalue weighted by molar-refractivity contribution is -0.119. The molecule has 0 aliphatic heterocycles. The van der Waals surface area contributed by atoms with Crippen molar-refractivity contribution in [3.63, 3.8) is 0 Å². The zero-order valence-corrected chi connectivity index (χ0v) is 13.9. The molecule has 0 spiro atoms. The first-order valence-corrected chi connectivity index (χ1v) is 10.3. The average molecular weight is 287 g/mol. The summed E-state index contributed by atoms with van der Waals surface area (Å²) >= 11 is 0. The zero-order chi connectivity index (χ0) is 15.0. The highest BCUT2D eigenvalue weighted by atomic mass is 28.3. The summed E-state index contributed by atoms with van der Waals surface area (Å²) in [5.41, 5.74) is 5.51. The second kappa shape index (κ2) is 7.88. The zero-order valence-electron chi connectivity index (χ0n) is 12.9. The van der Waals surface area contributed by atoms with Gasteiger partial charge in [0, 0.05) is 6.92 Å². The van der Waals surface area contributed by atoms with Gasteiger partial charge in [-0.2, -0.15) is 0 Å². The van der Waals surface area contributed by atoms with Gasteiger partial charge in [-0.3, -0.25) is 4.79 Å².